The Bertz CT molecular complexity index is 853. The van der Waals surface area contributed by atoms with E-state index in [9.17, 15) is 9.59 Å². The van der Waals surface area contributed by atoms with Gasteiger partial charge in [0.25, 0.3) is 0 Å². The van der Waals surface area contributed by atoms with Gasteiger partial charge in [-0.25, -0.2) is 0 Å². The Labute approximate surface area is 160 Å². The molecule has 0 radical (unpaired) electrons. The monoisotopic (exact) mass is 420 g/mol. The summed E-state index contributed by atoms with van der Waals surface area (Å²) in [5.41, 5.74) is 3.49. The van der Waals surface area contributed by atoms with Crippen molar-refractivity contribution in [1.82, 2.24) is 0 Å². The van der Waals surface area contributed by atoms with Gasteiger partial charge in [0, 0.05) is 28.8 Å². The van der Waals surface area contributed by atoms with Gasteiger partial charge in [-0.15, -0.1) is 0 Å². The molecule has 1 N–H and O–H groups in total. The first-order chi connectivity index (χ1) is 11.8. The molecule has 0 aliphatic carbocycles. The van der Waals surface area contributed by atoms with Crippen molar-refractivity contribution in [2.75, 3.05) is 16.8 Å². The summed E-state index contributed by atoms with van der Waals surface area (Å²) in [7, 11) is 0. The average Bonchev–Trinajstić information content (AvgIpc) is 2.94. The van der Waals surface area contributed by atoms with Gasteiger partial charge in [-0.05, 0) is 65.2 Å². The molecular weight excluding hydrogens is 404 g/mol. The fourth-order valence-corrected chi connectivity index (χ4v) is 3.57. The van der Waals surface area contributed by atoms with Gasteiger partial charge in [-0.1, -0.05) is 23.7 Å². The summed E-state index contributed by atoms with van der Waals surface area (Å²) in [6.45, 7) is 4.27. The largest absolute Gasteiger partial charge is 0.325 e. The molecule has 4 nitrogen and oxygen atoms in total. The molecule has 1 aliphatic heterocycles. The van der Waals surface area contributed by atoms with Crippen LogP contribution >= 0.6 is 27.5 Å². The number of hydrogen-bond donors (Lipinski definition) is 1. The highest BCUT2D eigenvalue weighted by molar-refractivity contribution is 9.10. The molecule has 25 heavy (non-hydrogen) atoms. The molecule has 1 saturated heterocycles. The fourth-order valence-electron chi connectivity index (χ4n) is 2.94. The van der Waals surface area contributed by atoms with Crippen LogP contribution in [0.3, 0.4) is 0 Å². The number of carbonyl (C=O) groups is 2. The Hall–Kier alpha value is -1.85. The smallest absolute Gasteiger partial charge is 0.229 e. The Kier molecular flexibility index (Phi) is 5.16. The number of carbonyl (C=O) groups excluding carboxylic acids is 2. The van der Waals surface area contributed by atoms with Crippen LogP contribution in [0.1, 0.15) is 17.5 Å². The van der Waals surface area contributed by atoms with Crippen LogP contribution in [-0.4, -0.2) is 18.4 Å². The van der Waals surface area contributed by atoms with Gasteiger partial charge in [0.2, 0.25) is 11.8 Å². The lowest BCUT2D eigenvalue weighted by Gasteiger charge is -2.17. The van der Waals surface area contributed by atoms with Crippen LogP contribution in [0.25, 0.3) is 0 Å². The van der Waals surface area contributed by atoms with Crippen LogP contribution in [0, 0.1) is 19.8 Å². The van der Waals surface area contributed by atoms with Gasteiger partial charge in [0.1, 0.15) is 0 Å². The molecule has 1 heterocycles. The molecule has 3 rings (SSSR count). The second-order valence-electron chi connectivity index (χ2n) is 6.31. The number of anilines is 2. The maximum atomic E-state index is 12.6. The molecule has 1 atom stereocenters. The Morgan fingerprint density at radius 3 is 2.76 bits per heavy atom. The van der Waals surface area contributed by atoms with Crippen molar-refractivity contribution in [3.8, 4) is 0 Å². The Morgan fingerprint density at radius 1 is 1.28 bits per heavy atom. The molecule has 6 heteroatoms. The number of rotatable bonds is 3. The van der Waals surface area contributed by atoms with E-state index in [0.29, 0.717) is 17.3 Å². The zero-order valence-electron chi connectivity index (χ0n) is 14.0. The van der Waals surface area contributed by atoms with Crippen LogP contribution in [0.2, 0.25) is 5.02 Å². The van der Waals surface area contributed by atoms with E-state index in [-0.39, 0.29) is 24.2 Å². The van der Waals surface area contributed by atoms with E-state index in [1.165, 1.54) is 0 Å². The van der Waals surface area contributed by atoms with Crippen LogP contribution < -0.4 is 10.2 Å². The van der Waals surface area contributed by atoms with Gasteiger partial charge in [-0.3, -0.25) is 9.59 Å². The molecule has 130 valence electrons. The van der Waals surface area contributed by atoms with E-state index < -0.39 is 0 Å². The van der Waals surface area contributed by atoms with Gasteiger partial charge in [0.05, 0.1) is 10.9 Å². The molecule has 2 amide bonds. The standard InChI is InChI=1S/C19H18BrClN2O2/c1-11-4-3-5-14(6-11)23-10-13(8-18(23)24)19(25)22-17-9-16(21)15(20)7-12(17)2/h3-7,9,13H,8,10H2,1-2H3,(H,22,25)/t13-/m1/s1. The highest BCUT2D eigenvalue weighted by atomic mass is 79.9. The molecule has 2 aromatic rings. The first-order valence-electron chi connectivity index (χ1n) is 7.98. The van der Waals surface area contributed by atoms with Crippen molar-refractivity contribution in [3.63, 3.8) is 0 Å². The van der Waals surface area contributed by atoms with Crippen molar-refractivity contribution in [1.29, 1.82) is 0 Å². The molecule has 0 spiro atoms. The van der Waals surface area contributed by atoms with Crippen molar-refractivity contribution in [2.24, 2.45) is 5.92 Å². The first-order valence-corrected chi connectivity index (χ1v) is 9.16. The summed E-state index contributed by atoms with van der Waals surface area (Å²) in [6.07, 6.45) is 0.211. The number of halogens is 2. The Balaban J connectivity index is 1.74. The van der Waals surface area contributed by atoms with Crippen LogP contribution in [-0.2, 0) is 9.59 Å². The second-order valence-corrected chi connectivity index (χ2v) is 7.58. The van der Waals surface area contributed by atoms with Crippen molar-refractivity contribution >= 4 is 50.7 Å². The summed E-state index contributed by atoms with van der Waals surface area (Å²) < 4.78 is 0.784. The van der Waals surface area contributed by atoms with E-state index in [4.69, 9.17) is 11.6 Å². The number of amides is 2. The normalized spacial score (nSPS) is 17.0. The zero-order chi connectivity index (χ0) is 18.1. The molecular formula is C19H18BrClN2O2. The van der Waals surface area contributed by atoms with Crippen LogP contribution in [0.4, 0.5) is 11.4 Å². The summed E-state index contributed by atoms with van der Waals surface area (Å²) in [4.78, 5) is 26.6. The number of benzene rings is 2. The third-order valence-corrected chi connectivity index (χ3v) is 5.53. The summed E-state index contributed by atoms with van der Waals surface area (Å²) >= 11 is 9.47. The van der Waals surface area contributed by atoms with E-state index in [0.717, 1.165) is 21.3 Å². The van der Waals surface area contributed by atoms with Gasteiger partial charge < -0.3 is 10.2 Å². The molecule has 1 aliphatic rings. The minimum Gasteiger partial charge on any atom is -0.325 e. The number of hydrogen-bond acceptors (Lipinski definition) is 2. The van der Waals surface area contributed by atoms with E-state index in [1.54, 1.807) is 11.0 Å². The number of aryl methyl sites for hydroxylation is 2. The van der Waals surface area contributed by atoms with Gasteiger partial charge >= 0.3 is 0 Å². The average molecular weight is 422 g/mol. The lowest BCUT2D eigenvalue weighted by atomic mass is 10.1. The molecule has 0 saturated carbocycles. The third kappa shape index (κ3) is 3.88. The van der Waals surface area contributed by atoms with Crippen molar-refractivity contribution in [2.45, 2.75) is 20.3 Å². The van der Waals surface area contributed by atoms with E-state index in [2.05, 4.69) is 21.2 Å². The maximum Gasteiger partial charge on any atom is 0.229 e. The topological polar surface area (TPSA) is 49.4 Å². The lowest BCUT2D eigenvalue weighted by Crippen LogP contribution is -2.28. The predicted molar refractivity (Wildman–Crippen MR) is 104 cm³/mol. The second kappa shape index (κ2) is 7.18. The minimum atomic E-state index is -0.380. The molecule has 0 aromatic heterocycles. The number of nitrogens with zero attached hydrogens (tertiary/aromatic N) is 1. The summed E-state index contributed by atoms with van der Waals surface area (Å²) in [5.74, 6) is -0.573. The fraction of sp³-hybridized carbons (Fsp3) is 0.263. The minimum absolute atomic E-state index is 0.0312. The third-order valence-electron chi connectivity index (χ3n) is 4.33. The van der Waals surface area contributed by atoms with Gasteiger partial charge in [-0.2, -0.15) is 0 Å². The quantitative estimate of drug-likeness (QED) is 0.780. The zero-order valence-corrected chi connectivity index (χ0v) is 16.3. The first kappa shape index (κ1) is 18.0. The highest BCUT2D eigenvalue weighted by Crippen LogP contribution is 2.31. The summed E-state index contributed by atoms with van der Waals surface area (Å²) in [6, 6.07) is 11.3. The lowest BCUT2D eigenvalue weighted by molar-refractivity contribution is -0.122. The molecule has 0 bridgehead atoms. The molecule has 0 unspecified atom stereocenters. The van der Waals surface area contributed by atoms with E-state index in [1.807, 2.05) is 44.2 Å². The highest BCUT2D eigenvalue weighted by Gasteiger charge is 2.35. The molecule has 2 aromatic carbocycles. The van der Waals surface area contributed by atoms with Crippen molar-refractivity contribution < 1.29 is 9.59 Å². The van der Waals surface area contributed by atoms with E-state index >= 15 is 0 Å². The maximum absolute atomic E-state index is 12.6. The SMILES string of the molecule is Cc1cccc(N2C[C@H](C(=O)Nc3cc(Cl)c(Br)cc3C)CC2=O)c1. The summed E-state index contributed by atoms with van der Waals surface area (Å²) in [5, 5.41) is 3.43. The molecule has 1 fully saturated rings. The van der Waals surface area contributed by atoms with Gasteiger partial charge in [0.15, 0.2) is 0 Å². The van der Waals surface area contributed by atoms with Crippen LogP contribution in [0.15, 0.2) is 40.9 Å². The predicted octanol–water partition coefficient (Wildman–Crippen LogP) is 4.71. The van der Waals surface area contributed by atoms with Crippen molar-refractivity contribution in [3.05, 3.63) is 57.0 Å². The Morgan fingerprint density at radius 2 is 2.04 bits per heavy atom. The number of nitrogens with one attached hydrogen (secondary N) is 1. The van der Waals surface area contributed by atoms with Crippen LogP contribution in [0.5, 0.6) is 0 Å².